The molecule has 100 valence electrons. The molecule has 0 aromatic heterocycles. The van der Waals surface area contributed by atoms with Crippen molar-refractivity contribution in [2.75, 3.05) is 26.7 Å². The molecular formula is C14H20FNO2. The van der Waals surface area contributed by atoms with Crippen LogP contribution in [0.5, 0.6) is 0 Å². The SMILES string of the molecule is Cc1cc(C)c(C(O)C2CN(C)CCO2)c(F)c1. The lowest BCUT2D eigenvalue weighted by Gasteiger charge is -2.33. The van der Waals surface area contributed by atoms with Gasteiger partial charge in [0.2, 0.25) is 0 Å². The van der Waals surface area contributed by atoms with E-state index in [1.54, 1.807) is 0 Å². The molecule has 1 aromatic carbocycles. The molecule has 0 saturated carbocycles. The maximum absolute atomic E-state index is 14.0. The Bertz CT molecular complexity index is 413. The lowest BCUT2D eigenvalue weighted by atomic mass is 9.96. The van der Waals surface area contributed by atoms with Crippen molar-refractivity contribution in [1.29, 1.82) is 0 Å². The molecule has 2 rings (SSSR count). The zero-order chi connectivity index (χ0) is 13.3. The van der Waals surface area contributed by atoms with Gasteiger partial charge in [0.15, 0.2) is 0 Å². The summed E-state index contributed by atoms with van der Waals surface area (Å²) in [5, 5.41) is 10.3. The summed E-state index contributed by atoms with van der Waals surface area (Å²) in [5.74, 6) is -0.350. The molecule has 1 aromatic rings. The molecule has 0 spiro atoms. The Labute approximate surface area is 107 Å². The van der Waals surface area contributed by atoms with Gasteiger partial charge in [-0.15, -0.1) is 0 Å². The summed E-state index contributed by atoms with van der Waals surface area (Å²) >= 11 is 0. The van der Waals surface area contributed by atoms with Gasteiger partial charge in [-0.2, -0.15) is 0 Å². The number of aliphatic hydroxyl groups excluding tert-OH is 1. The Morgan fingerprint density at radius 2 is 2.17 bits per heavy atom. The number of aliphatic hydroxyl groups is 1. The molecule has 2 unspecified atom stereocenters. The highest BCUT2D eigenvalue weighted by Crippen LogP contribution is 2.28. The number of hydrogen-bond acceptors (Lipinski definition) is 3. The van der Waals surface area contributed by atoms with Crippen molar-refractivity contribution >= 4 is 0 Å². The molecule has 0 amide bonds. The first-order valence-electron chi connectivity index (χ1n) is 6.24. The minimum Gasteiger partial charge on any atom is -0.386 e. The van der Waals surface area contributed by atoms with Gasteiger partial charge in [-0.3, -0.25) is 0 Å². The summed E-state index contributed by atoms with van der Waals surface area (Å²) in [6, 6.07) is 3.34. The van der Waals surface area contributed by atoms with Gasteiger partial charge in [-0.1, -0.05) is 6.07 Å². The third-order valence-electron chi connectivity index (χ3n) is 3.43. The van der Waals surface area contributed by atoms with Crippen LogP contribution in [0.2, 0.25) is 0 Å². The van der Waals surface area contributed by atoms with Gasteiger partial charge < -0.3 is 14.7 Å². The van der Waals surface area contributed by atoms with Crippen LogP contribution in [0, 0.1) is 19.7 Å². The van der Waals surface area contributed by atoms with Crippen molar-refractivity contribution < 1.29 is 14.2 Å². The lowest BCUT2D eigenvalue weighted by molar-refractivity contribution is -0.0855. The molecule has 1 N–H and O–H groups in total. The second kappa shape index (κ2) is 5.34. The summed E-state index contributed by atoms with van der Waals surface area (Å²) in [5.41, 5.74) is 2.00. The van der Waals surface area contributed by atoms with Crippen molar-refractivity contribution in [2.24, 2.45) is 0 Å². The third kappa shape index (κ3) is 2.71. The Kier molecular flexibility index (Phi) is 4.00. The Hall–Kier alpha value is -0.970. The number of likely N-dealkylation sites (N-methyl/N-ethyl adjacent to an activating group) is 1. The van der Waals surface area contributed by atoms with Crippen LogP contribution < -0.4 is 0 Å². The average molecular weight is 253 g/mol. The molecule has 1 fully saturated rings. The minimum absolute atomic E-state index is 0.350. The normalized spacial score (nSPS) is 23.1. The van der Waals surface area contributed by atoms with Crippen LogP contribution in [-0.2, 0) is 4.74 Å². The first-order valence-corrected chi connectivity index (χ1v) is 6.24. The summed E-state index contributed by atoms with van der Waals surface area (Å²) in [6.45, 7) is 5.70. The van der Waals surface area contributed by atoms with Crippen LogP contribution in [0.3, 0.4) is 0 Å². The van der Waals surface area contributed by atoms with Gasteiger partial charge in [0.1, 0.15) is 18.0 Å². The van der Waals surface area contributed by atoms with Crippen molar-refractivity contribution in [1.82, 2.24) is 4.90 Å². The second-order valence-electron chi connectivity index (χ2n) is 5.09. The number of aryl methyl sites for hydroxylation is 2. The van der Waals surface area contributed by atoms with Crippen LogP contribution in [0.15, 0.2) is 12.1 Å². The highest BCUT2D eigenvalue weighted by atomic mass is 19.1. The van der Waals surface area contributed by atoms with E-state index >= 15 is 0 Å². The fourth-order valence-corrected chi connectivity index (χ4v) is 2.49. The van der Waals surface area contributed by atoms with Crippen LogP contribution in [0.4, 0.5) is 4.39 Å². The van der Waals surface area contributed by atoms with Gasteiger partial charge in [0, 0.05) is 18.7 Å². The fraction of sp³-hybridized carbons (Fsp3) is 0.571. The molecule has 0 aliphatic carbocycles. The average Bonchev–Trinajstić information content (AvgIpc) is 2.27. The van der Waals surface area contributed by atoms with Gasteiger partial charge in [0.05, 0.1) is 6.61 Å². The minimum atomic E-state index is -0.909. The number of nitrogens with zero attached hydrogens (tertiary/aromatic N) is 1. The van der Waals surface area contributed by atoms with Crippen LogP contribution in [-0.4, -0.2) is 42.9 Å². The summed E-state index contributed by atoms with van der Waals surface area (Å²) < 4.78 is 19.5. The maximum Gasteiger partial charge on any atom is 0.129 e. The number of ether oxygens (including phenoxy) is 1. The van der Waals surface area contributed by atoms with Gasteiger partial charge >= 0.3 is 0 Å². The van der Waals surface area contributed by atoms with E-state index in [-0.39, 0.29) is 11.9 Å². The van der Waals surface area contributed by atoms with Crippen molar-refractivity contribution in [2.45, 2.75) is 26.1 Å². The monoisotopic (exact) mass is 253 g/mol. The maximum atomic E-state index is 14.0. The Morgan fingerprint density at radius 1 is 1.44 bits per heavy atom. The van der Waals surface area contributed by atoms with E-state index in [4.69, 9.17) is 4.74 Å². The summed E-state index contributed by atoms with van der Waals surface area (Å²) in [6.07, 6.45) is -1.27. The fourth-order valence-electron chi connectivity index (χ4n) is 2.49. The third-order valence-corrected chi connectivity index (χ3v) is 3.43. The van der Waals surface area contributed by atoms with Gasteiger partial charge in [-0.05, 0) is 38.1 Å². The molecule has 4 heteroatoms. The molecule has 18 heavy (non-hydrogen) atoms. The zero-order valence-electron chi connectivity index (χ0n) is 11.1. The van der Waals surface area contributed by atoms with Crippen LogP contribution in [0.1, 0.15) is 22.8 Å². The van der Waals surface area contributed by atoms with E-state index < -0.39 is 6.10 Å². The molecule has 0 bridgehead atoms. The highest BCUT2D eigenvalue weighted by molar-refractivity contribution is 5.34. The van der Waals surface area contributed by atoms with E-state index in [9.17, 15) is 9.50 Å². The van der Waals surface area contributed by atoms with E-state index in [0.717, 1.165) is 17.7 Å². The summed E-state index contributed by atoms with van der Waals surface area (Å²) in [4.78, 5) is 2.08. The van der Waals surface area contributed by atoms with Crippen LogP contribution >= 0.6 is 0 Å². The van der Waals surface area contributed by atoms with Gasteiger partial charge in [-0.25, -0.2) is 4.39 Å². The van der Waals surface area contributed by atoms with Crippen LogP contribution in [0.25, 0.3) is 0 Å². The molecule has 2 atom stereocenters. The first kappa shape index (κ1) is 13.5. The van der Waals surface area contributed by atoms with E-state index in [1.165, 1.54) is 6.07 Å². The van der Waals surface area contributed by atoms with E-state index in [2.05, 4.69) is 4.90 Å². The smallest absolute Gasteiger partial charge is 0.129 e. The van der Waals surface area contributed by atoms with Crippen molar-refractivity contribution in [3.05, 3.63) is 34.6 Å². The topological polar surface area (TPSA) is 32.7 Å². The number of morpholine rings is 1. The standard InChI is InChI=1S/C14H20FNO2/c1-9-6-10(2)13(11(15)7-9)14(17)12-8-16(3)4-5-18-12/h6-7,12,14,17H,4-5,8H2,1-3H3. The van der Waals surface area contributed by atoms with Crippen molar-refractivity contribution in [3.8, 4) is 0 Å². The number of halogens is 1. The Balaban J connectivity index is 2.25. The number of benzene rings is 1. The van der Waals surface area contributed by atoms with E-state index in [1.807, 2.05) is 27.0 Å². The molecule has 1 aliphatic heterocycles. The Morgan fingerprint density at radius 3 is 2.78 bits per heavy atom. The molecule has 1 aliphatic rings. The predicted molar refractivity (Wildman–Crippen MR) is 68.1 cm³/mol. The number of rotatable bonds is 2. The number of hydrogen-bond donors (Lipinski definition) is 1. The highest BCUT2D eigenvalue weighted by Gasteiger charge is 2.29. The largest absolute Gasteiger partial charge is 0.386 e. The first-order chi connectivity index (χ1) is 8.49. The molecular weight excluding hydrogens is 233 g/mol. The second-order valence-corrected chi connectivity index (χ2v) is 5.09. The molecule has 0 radical (unpaired) electrons. The molecule has 3 nitrogen and oxygen atoms in total. The lowest BCUT2D eigenvalue weighted by Crippen LogP contribution is -2.43. The summed E-state index contributed by atoms with van der Waals surface area (Å²) in [7, 11) is 1.97. The van der Waals surface area contributed by atoms with Gasteiger partial charge in [0.25, 0.3) is 0 Å². The van der Waals surface area contributed by atoms with E-state index in [0.29, 0.717) is 18.7 Å². The van der Waals surface area contributed by atoms with Crippen molar-refractivity contribution in [3.63, 3.8) is 0 Å². The predicted octanol–water partition coefficient (Wildman–Crippen LogP) is 1.81. The molecule has 1 saturated heterocycles. The quantitative estimate of drug-likeness (QED) is 0.872. The molecule has 1 heterocycles. The zero-order valence-corrected chi connectivity index (χ0v) is 11.1.